The first kappa shape index (κ1) is 18.0. The standard InChI is InChI=1S/C13H19N3O6/c1-4-5-9-10(6-20-7(2)17)22-13(19)11(15-16-14)12(9)21-8(3)18/h4-5,9-13,19H,6H2,1-3H3/b5-4+/t9-,10?,11?,12-,13?/m0/s1. The maximum atomic E-state index is 11.3. The van der Waals surface area contributed by atoms with Crippen LogP contribution < -0.4 is 0 Å². The maximum Gasteiger partial charge on any atom is 0.302 e. The Bertz CT molecular complexity index is 488. The largest absolute Gasteiger partial charge is 0.463 e. The average molecular weight is 313 g/mol. The molecule has 1 fully saturated rings. The number of carbonyl (C=O) groups excluding carboxylic acids is 2. The third-order valence-corrected chi connectivity index (χ3v) is 3.10. The van der Waals surface area contributed by atoms with Crippen LogP contribution >= 0.6 is 0 Å². The maximum absolute atomic E-state index is 11.3. The van der Waals surface area contributed by atoms with Crippen LogP contribution in [0.15, 0.2) is 17.3 Å². The summed E-state index contributed by atoms with van der Waals surface area (Å²) in [6.45, 7) is 4.09. The molecule has 0 spiro atoms. The van der Waals surface area contributed by atoms with Gasteiger partial charge in [-0.1, -0.05) is 17.3 Å². The molecule has 1 heterocycles. The summed E-state index contributed by atoms with van der Waals surface area (Å²) in [5, 5.41) is 13.4. The van der Waals surface area contributed by atoms with Gasteiger partial charge >= 0.3 is 11.9 Å². The molecule has 1 rings (SSSR count). The fourth-order valence-corrected chi connectivity index (χ4v) is 2.28. The second kappa shape index (κ2) is 8.38. The molecule has 0 saturated carbocycles. The second-order valence-electron chi connectivity index (χ2n) is 4.74. The first-order valence-corrected chi connectivity index (χ1v) is 6.71. The molecule has 1 saturated heterocycles. The Labute approximate surface area is 127 Å². The van der Waals surface area contributed by atoms with Gasteiger partial charge in [0, 0.05) is 24.7 Å². The summed E-state index contributed by atoms with van der Waals surface area (Å²) in [7, 11) is 0. The van der Waals surface area contributed by atoms with E-state index >= 15 is 0 Å². The number of esters is 2. The second-order valence-corrected chi connectivity index (χ2v) is 4.74. The fraction of sp³-hybridized carbons (Fsp3) is 0.692. The van der Waals surface area contributed by atoms with Crippen molar-refractivity contribution >= 4 is 11.9 Å². The Morgan fingerprint density at radius 1 is 1.41 bits per heavy atom. The molecule has 1 aliphatic rings. The van der Waals surface area contributed by atoms with Gasteiger partial charge in [-0.25, -0.2) is 0 Å². The number of allylic oxidation sites excluding steroid dienone is 1. The summed E-state index contributed by atoms with van der Waals surface area (Å²) in [4.78, 5) is 24.9. The minimum atomic E-state index is -1.47. The van der Waals surface area contributed by atoms with Gasteiger partial charge in [-0.3, -0.25) is 9.59 Å². The van der Waals surface area contributed by atoms with Gasteiger partial charge < -0.3 is 19.3 Å². The minimum absolute atomic E-state index is 0.123. The molecule has 9 heteroatoms. The zero-order valence-electron chi connectivity index (χ0n) is 12.6. The third-order valence-electron chi connectivity index (χ3n) is 3.10. The fourth-order valence-electron chi connectivity index (χ4n) is 2.28. The van der Waals surface area contributed by atoms with Crippen molar-refractivity contribution in [2.45, 2.75) is 45.3 Å². The molecular formula is C13H19N3O6. The SMILES string of the molecule is C/C=C/[C@H]1C(COC(C)=O)OC(O)C(N=[N+]=[N-])[C@H]1OC(C)=O. The number of hydrogen-bond acceptors (Lipinski definition) is 7. The van der Waals surface area contributed by atoms with E-state index in [1.54, 1.807) is 19.1 Å². The zero-order chi connectivity index (χ0) is 16.7. The highest BCUT2D eigenvalue weighted by Crippen LogP contribution is 2.31. The van der Waals surface area contributed by atoms with Crippen LogP contribution in [-0.4, -0.2) is 48.2 Å². The van der Waals surface area contributed by atoms with Crippen LogP contribution in [-0.2, 0) is 23.8 Å². The summed E-state index contributed by atoms with van der Waals surface area (Å²) in [5.74, 6) is -1.62. The highest BCUT2D eigenvalue weighted by atomic mass is 16.6. The number of carbonyl (C=O) groups is 2. The van der Waals surface area contributed by atoms with E-state index in [0.717, 1.165) is 0 Å². The normalized spacial score (nSPS) is 31.4. The summed E-state index contributed by atoms with van der Waals surface area (Å²) in [6, 6.07) is -1.09. The van der Waals surface area contributed by atoms with Crippen LogP contribution in [0.1, 0.15) is 20.8 Å². The molecule has 122 valence electrons. The topological polar surface area (TPSA) is 131 Å². The van der Waals surface area contributed by atoms with E-state index in [2.05, 4.69) is 10.0 Å². The van der Waals surface area contributed by atoms with Crippen LogP contribution in [0.25, 0.3) is 10.4 Å². The van der Waals surface area contributed by atoms with E-state index in [1.165, 1.54) is 13.8 Å². The predicted octanol–water partition coefficient (Wildman–Crippen LogP) is 1.07. The van der Waals surface area contributed by atoms with E-state index in [4.69, 9.17) is 19.7 Å². The van der Waals surface area contributed by atoms with Crippen molar-refractivity contribution in [1.29, 1.82) is 0 Å². The van der Waals surface area contributed by atoms with E-state index in [-0.39, 0.29) is 6.61 Å². The Balaban J connectivity index is 3.08. The van der Waals surface area contributed by atoms with E-state index < -0.39 is 42.4 Å². The van der Waals surface area contributed by atoms with Crippen molar-refractivity contribution in [1.82, 2.24) is 0 Å². The van der Waals surface area contributed by atoms with Crippen LogP contribution in [0.2, 0.25) is 0 Å². The van der Waals surface area contributed by atoms with Gasteiger partial charge in [0.25, 0.3) is 0 Å². The van der Waals surface area contributed by atoms with E-state index in [1.807, 2.05) is 0 Å². The summed E-state index contributed by atoms with van der Waals surface area (Å²) >= 11 is 0. The highest BCUT2D eigenvalue weighted by Gasteiger charge is 2.46. The highest BCUT2D eigenvalue weighted by molar-refractivity contribution is 5.66. The number of aliphatic hydroxyl groups excluding tert-OH is 1. The van der Waals surface area contributed by atoms with Crippen molar-refractivity contribution in [2.24, 2.45) is 11.0 Å². The van der Waals surface area contributed by atoms with E-state index in [9.17, 15) is 14.7 Å². The van der Waals surface area contributed by atoms with Crippen molar-refractivity contribution in [3.05, 3.63) is 22.6 Å². The molecule has 1 N–H and O–H groups in total. The summed E-state index contributed by atoms with van der Waals surface area (Å²) in [6.07, 6.45) is 0.268. The zero-order valence-corrected chi connectivity index (χ0v) is 12.6. The molecule has 3 unspecified atom stereocenters. The number of ether oxygens (including phenoxy) is 3. The molecule has 0 radical (unpaired) electrons. The Hall–Kier alpha value is -2.09. The number of hydrogen-bond donors (Lipinski definition) is 1. The van der Waals surface area contributed by atoms with Crippen molar-refractivity contribution in [3.8, 4) is 0 Å². The molecule has 0 amide bonds. The predicted molar refractivity (Wildman–Crippen MR) is 74.3 cm³/mol. The van der Waals surface area contributed by atoms with Gasteiger partial charge in [-0.05, 0) is 12.5 Å². The molecule has 9 nitrogen and oxygen atoms in total. The van der Waals surface area contributed by atoms with Gasteiger partial charge in [-0.15, -0.1) is 0 Å². The third kappa shape index (κ3) is 4.73. The Kier molecular flexibility index (Phi) is 6.84. The summed E-state index contributed by atoms with van der Waals surface area (Å²) < 4.78 is 15.4. The van der Waals surface area contributed by atoms with Crippen LogP contribution in [0.5, 0.6) is 0 Å². The smallest absolute Gasteiger partial charge is 0.302 e. The number of rotatable bonds is 5. The van der Waals surface area contributed by atoms with Gasteiger partial charge in [-0.2, -0.15) is 0 Å². The molecular weight excluding hydrogens is 294 g/mol. The minimum Gasteiger partial charge on any atom is -0.463 e. The molecule has 22 heavy (non-hydrogen) atoms. The molecule has 0 aliphatic carbocycles. The lowest BCUT2D eigenvalue weighted by atomic mass is 9.87. The Morgan fingerprint density at radius 3 is 2.59 bits per heavy atom. The van der Waals surface area contributed by atoms with Gasteiger partial charge in [0.2, 0.25) is 0 Å². The molecule has 0 aromatic carbocycles. The van der Waals surface area contributed by atoms with Crippen LogP contribution in [0.4, 0.5) is 0 Å². The van der Waals surface area contributed by atoms with Gasteiger partial charge in [0.15, 0.2) is 6.29 Å². The van der Waals surface area contributed by atoms with Gasteiger partial charge in [0.05, 0.1) is 0 Å². The molecule has 0 aromatic heterocycles. The first-order valence-electron chi connectivity index (χ1n) is 6.71. The average Bonchev–Trinajstić information content (AvgIpc) is 2.43. The molecule has 1 aliphatic heterocycles. The molecule has 0 bridgehead atoms. The van der Waals surface area contributed by atoms with Gasteiger partial charge in [0.1, 0.15) is 24.9 Å². The van der Waals surface area contributed by atoms with Crippen molar-refractivity contribution < 1.29 is 28.9 Å². The van der Waals surface area contributed by atoms with Crippen molar-refractivity contribution in [3.63, 3.8) is 0 Å². The number of aliphatic hydroxyl groups is 1. The first-order chi connectivity index (χ1) is 10.4. The summed E-state index contributed by atoms with van der Waals surface area (Å²) in [5.41, 5.74) is 8.61. The Morgan fingerprint density at radius 2 is 2.09 bits per heavy atom. The van der Waals surface area contributed by atoms with Crippen LogP contribution in [0, 0.1) is 5.92 Å². The van der Waals surface area contributed by atoms with Crippen LogP contribution in [0.3, 0.4) is 0 Å². The number of nitrogens with zero attached hydrogens (tertiary/aromatic N) is 3. The molecule has 5 atom stereocenters. The monoisotopic (exact) mass is 313 g/mol. The van der Waals surface area contributed by atoms with E-state index in [0.29, 0.717) is 0 Å². The lowest BCUT2D eigenvalue weighted by Crippen LogP contribution is -2.55. The lowest BCUT2D eigenvalue weighted by molar-refractivity contribution is -0.233. The number of azide groups is 1. The quantitative estimate of drug-likeness (QED) is 0.265. The van der Waals surface area contributed by atoms with Crippen molar-refractivity contribution in [2.75, 3.05) is 6.61 Å². The lowest BCUT2D eigenvalue weighted by Gasteiger charge is -2.41. The molecule has 0 aromatic rings.